The average molecular weight is 330 g/mol. The number of benzene rings is 1. The van der Waals surface area contributed by atoms with E-state index < -0.39 is 0 Å². The summed E-state index contributed by atoms with van der Waals surface area (Å²) < 4.78 is 6.55. The molecule has 0 saturated carbocycles. The second-order valence-corrected chi connectivity index (χ2v) is 4.96. The van der Waals surface area contributed by atoms with Crippen LogP contribution in [0, 0.1) is 3.57 Å². The molecule has 0 unspecified atom stereocenters. The van der Waals surface area contributed by atoms with Crippen LogP contribution in [0.5, 0.6) is 5.75 Å². The van der Waals surface area contributed by atoms with Crippen molar-refractivity contribution in [3.05, 3.63) is 39.0 Å². The Bertz CT molecular complexity index is 418. The van der Waals surface area contributed by atoms with Crippen molar-refractivity contribution in [3.8, 4) is 5.75 Å². The maximum absolute atomic E-state index is 11.2. The van der Waals surface area contributed by atoms with Crippen molar-refractivity contribution in [2.24, 2.45) is 0 Å². The summed E-state index contributed by atoms with van der Waals surface area (Å²) in [5, 5.41) is 0. The Morgan fingerprint density at radius 3 is 2.56 bits per heavy atom. The van der Waals surface area contributed by atoms with Crippen molar-refractivity contribution in [1.29, 1.82) is 0 Å². The first kappa shape index (κ1) is 13.2. The third kappa shape index (κ3) is 3.96. The smallest absolute Gasteiger partial charge is 0.159 e. The van der Waals surface area contributed by atoms with Gasteiger partial charge in [-0.15, -0.1) is 0 Å². The molecule has 0 N–H and O–H groups in total. The van der Waals surface area contributed by atoms with Gasteiger partial charge in [-0.3, -0.25) is 4.79 Å². The number of allylic oxidation sites excluding steroid dienone is 1. The molecule has 0 amide bonds. The molecule has 1 aromatic rings. The van der Waals surface area contributed by atoms with Gasteiger partial charge in [0.25, 0.3) is 0 Å². The molecule has 2 nitrogen and oxygen atoms in total. The molecule has 0 radical (unpaired) electrons. The number of carbonyl (C=O) groups is 1. The van der Waals surface area contributed by atoms with Gasteiger partial charge in [-0.05, 0) is 67.6 Å². The first-order valence-corrected chi connectivity index (χ1v) is 6.15. The van der Waals surface area contributed by atoms with Crippen LogP contribution in [0.2, 0.25) is 0 Å². The number of Topliss-reactive ketones (excluding diaryl/α,β-unsaturated/α-hetero) is 1. The summed E-state index contributed by atoms with van der Waals surface area (Å²) in [4.78, 5) is 11.2. The molecular weight excluding hydrogens is 315 g/mol. The molecule has 0 spiro atoms. The second-order valence-electron chi connectivity index (χ2n) is 3.79. The zero-order valence-electron chi connectivity index (χ0n) is 9.71. The minimum absolute atomic E-state index is 0.0776. The van der Waals surface area contributed by atoms with E-state index >= 15 is 0 Å². The molecule has 0 atom stereocenters. The van der Waals surface area contributed by atoms with Crippen LogP contribution in [0.4, 0.5) is 0 Å². The van der Waals surface area contributed by atoms with Gasteiger partial charge in [0.1, 0.15) is 12.4 Å². The number of halogens is 1. The number of ether oxygens (including phenoxy) is 1. The molecule has 1 aromatic carbocycles. The number of ketones is 1. The summed E-state index contributed by atoms with van der Waals surface area (Å²) in [5.74, 6) is 0.900. The summed E-state index contributed by atoms with van der Waals surface area (Å²) in [6, 6.07) is 5.49. The third-order valence-electron chi connectivity index (χ3n) is 2.07. The summed E-state index contributed by atoms with van der Waals surface area (Å²) in [7, 11) is 0. The van der Waals surface area contributed by atoms with Gasteiger partial charge in [0.2, 0.25) is 0 Å². The first-order valence-electron chi connectivity index (χ1n) is 5.07. The Kier molecular flexibility index (Phi) is 4.99. The van der Waals surface area contributed by atoms with Crippen LogP contribution in [0.25, 0.3) is 0 Å². The lowest BCUT2D eigenvalue weighted by Crippen LogP contribution is -1.98. The highest BCUT2D eigenvalue weighted by Gasteiger charge is 2.04. The Morgan fingerprint density at radius 1 is 1.38 bits per heavy atom. The van der Waals surface area contributed by atoms with Gasteiger partial charge in [-0.25, -0.2) is 0 Å². The van der Waals surface area contributed by atoms with Gasteiger partial charge in [-0.2, -0.15) is 0 Å². The summed E-state index contributed by atoms with van der Waals surface area (Å²) in [6.45, 7) is 6.20. The van der Waals surface area contributed by atoms with Crippen molar-refractivity contribution in [1.82, 2.24) is 0 Å². The minimum Gasteiger partial charge on any atom is -0.488 e. The molecule has 0 fully saturated rings. The van der Waals surface area contributed by atoms with Gasteiger partial charge < -0.3 is 4.74 Å². The Hall–Kier alpha value is -0.840. The third-order valence-corrected chi connectivity index (χ3v) is 2.91. The molecule has 0 aromatic heterocycles. The summed E-state index contributed by atoms with van der Waals surface area (Å²) in [6.07, 6.45) is 2.02. The first-order chi connectivity index (χ1) is 7.50. The normalized spacial score (nSPS) is 9.75. The molecule has 0 aliphatic rings. The SMILES string of the molecule is CC(=O)c1ccc(OCC=C(C)C)c(I)c1. The van der Waals surface area contributed by atoms with Gasteiger partial charge >= 0.3 is 0 Å². The number of carbonyl (C=O) groups excluding carboxylic acids is 1. The molecule has 16 heavy (non-hydrogen) atoms. The molecule has 0 aliphatic carbocycles. The minimum atomic E-state index is 0.0776. The standard InChI is InChI=1S/C13H15IO2/c1-9(2)6-7-16-13-5-4-11(10(3)15)8-12(13)14/h4-6,8H,7H2,1-3H3. The topological polar surface area (TPSA) is 26.3 Å². The molecule has 0 heterocycles. The zero-order chi connectivity index (χ0) is 12.1. The fraction of sp³-hybridized carbons (Fsp3) is 0.308. The molecule has 0 bridgehead atoms. The highest BCUT2D eigenvalue weighted by atomic mass is 127. The predicted octanol–water partition coefficient (Wildman–Crippen LogP) is 3.84. The molecule has 0 saturated heterocycles. The van der Waals surface area contributed by atoms with Gasteiger partial charge in [-0.1, -0.05) is 5.57 Å². The maximum atomic E-state index is 11.2. The van der Waals surface area contributed by atoms with E-state index in [1.54, 1.807) is 13.0 Å². The quantitative estimate of drug-likeness (QED) is 0.476. The van der Waals surface area contributed by atoms with E-state index in [4.69, 9.17) is 4.74 Å². The lowest BCUT2D eigenvalue weighted by Gasteiger charge is -2.07. The highest BCUT2D eigenvalue weighted by molar-refractivity contribution is 14.1. The van der Waals surface area contributed by atoms with Crippen molar-refractivity contribution in [2.45, 2.75) is 20.8 Å². The van der Waals surface area contributed by atoms with Crippen molar-refractivity contribution < 1.29 is 9.53 Å². The van der Waals surface area contributed by atoms with E-state index in [1.807, 2.05) is 32.1 Å². The molecule has 1 rings (SSSR count). The lowest BCUT2D eigenvalue weighted by molar-refractivity contribution is 0.101. The fourth-order valence-corrected chi connectivity index (χ4v) is 1.81. The number of rotatable bonds is 4. The van der Waals surface area contributed by atoms with Gasteiger partial charge in [0, 0.05) is 5.56 Å². The second kappa shape index (κ2) is 6.03. The van der Waals surface area contributed by atoms with Crippen molar-refractivity contribution in [2.75, 3.05) is 6.61 Å². The Balaban J connectivity index is 2.75. The van der Waals surface area contributed by atoms with Crippen LogP contribution < -0.4 is 4.74 Å². The monoisotopic (exact) mass is 330 g/mol. The lowest BCUT2D eigenvalue weighted by atomic mass is 10.1. The van der Waals surface area contributed by atoms with E-state index in [9.17, 15) is 4.79 Å². The van der Waals surface area contributed by atoms with Crippen LogP contribution in [0.1, 0.15) is 31.1 Å². The van der Waals surface area contributed by atoms with E-state index in [1.165, 1.54) is 5.57 Å². The summed E-state index contributed by atoms with van der Waals surface area (Å²) in [5.41, 5.74) is 1.95. The van der Waals surface area contributed by atoms with Crippen LogP contribution in [-0.2, 0) is 0 Å². The van der Waals surface area contributed by atoms with Crippen molar-refractivity contribution in [3.63, 3.8) is 0 Å². The maximum Gasteiger partial charge on any atom is 0.159 e. The highest BCUT2D eigenvalue weighted by Crippen LogP contribution is 2.22. The number of hydrogen-bond donors (Lipinski definition) is 0. The van der Waals surface area contributed by atoms with E-state index in [-0.39, 0.29) is 5.78 Å². The molecule has 0 aliphatic heterocycles. The Morgan fingerprint density at radius 2 is 2.06 bits per heavy atom. The van der Waals surface area contributed by atoms with Crippen LogP contribution >= 0.6 is 22.6 Å². The van der Waals surface area contributed by atoms with Gasteiger partial charge in [0.05, 0.1) is 3.57 Å². The zero-order valence-corrected chi connectivity index (χ0v) is 11.9. The largest absolute Gasteiger partial charge is 0.488 e. The molecular formula is C13H15IO2. The van der Waals surface area contributed by atoms with Crippen LogP contribution in [0.15, 0.2) is 29.8 Å². The molecule has 86 valence electrons. The number of hydrogen-bond acceptors (Lipinski definition) is 2. The predicted molar refractivity (Wildman–Crippen MR) is 74.1 cm³/mol. The van der Waals surface area contributed by atoms with Crippen LogP contribution in [0.3, 0.4) is 0 Å². The van der Waals surface area contributed by atoms with Crippen LogP contribution in [-0.4, -0.2) is 12.4 Å². The van der Waals surface area contributed by atoms with Crippen molar-refractivity contribution >= 4 is 28.4 Å². The van der Waals surface area contributed by atoms with E-state index in [0.29, 0.717) is 6.61 Å². The van der Waals surface area contributed by atoms with E-state index in [0.717, 1.165) is 14.9 Å². The Labute approximate surface area is 110 Å². The summed E-state index contributed by atoms with van der Waals surface area (Å²) >= 11 is 2.18. The van der Waals surface area contributed by atoms with E-state index in [2.05, 4.69) is 22.6 Å². The fourth-order valence-electron chi connectivity index (χ4n) is 1.13. The van der Waals surface area contributed by atoms with Gasteiger partial charge in [0.15, 0.2) is 5.78 Å². The average Bonchev–Trinajstić information content (AvgIpc) is 2.19. The molecule has 3 heteroatoms.